The lowest BCUT2D eigenvalue weighted by molar-refractivity contribution is -0.120. The topological polar surface area (TPSA) is 94.2 Å². The Bertz CT molecular complexity index is 1020. The molecule has 1 aliphatic heterocycles. The zero-order chi connectivity index (χ0) is 22.6. The van der Waals surface area contributed by atoms with Gasteiger partial charge in [0.1, 0.15) is 0 Å². The van der Waals surface area contributed by atoms with Crippen LogP contribution in [-0.4, -0.2) is 53.0 Å². The summed E-state index contributed by atoms with van der Waals surface area (Å²) in [5.74, 6) is 0.474. The molecule has 0 aromatic heterocycles. The second-order valence-corrected chi connectivity index (χ2v) is 9.43. The lowest BCUT2D eigenvalue weighted by Gasteiger charge is -2.31. The fourth-order valence-corrected chi connectivity index (χ4v) is 5.18. The molecule has 1 heterocycles. The normalized spacial score (nSPS) is 17.1. The highest BCUT2D eigenvalue weighted by molar-refractivity contribution is 7.89. The number of methoxy groups -OCH3 is 3. The molecule has 1 unspecified atom stereocenters. The van der Waals surface area contributed by atoms with E-state index in [1.54, 1.807) is 12.1 Å². The van der Waals surface area contributed by atoms with Crippen molar-refractivity contribution in [3.05, 3.63) is 41.4 Å². The first kappa shape index (κ1) is 23.2. The van der Waals surface area contributed by atoms with Gasteiger partial charge in [-0.1, -0.05) is 11.6 Å². The third-order valence-corrected chi connectivity index (χ3v) is 7.27. The Balaban J connectivity index is 1.76. The van der Waals surface area contributed by atoms with Crippen LogP contribution in [0.4, 0.5) is 5.69 Å². The van der Waals surface area contributed by atoms with Crippen molar-refractivity contribution >= 4 is 33.2 Å². The lowest BCUT2D eigenvalue weighted by Crippen LogP contribution is -2.43. The number of nitrogens with zero attached hydrogens (tertiary/aromatic N) is 1. The summed E-state index contributed by atoms with van der Waals surface area (Å²) in [6.45, 7) is 0.458. The largest absolute Gasteiger partial charge is 0.493 e. The Kier molecular flexibility index (Phi) is 7.30. The van der Waals surface area contributed by atoms with E-state index < -0.39 is 15.9 Å². The average Bonchev–Trinajstić information content (AvgIpc) is 2.78. The fourth-order valence-electron chi connectivity index (χ4n) is 3.53. The average molecular weight is 469 g/mol. The summed E-state index contributed by atoms with van der Waals surface area (Å²) in [6.07, 6.45) is 1.17. The first-order valence-corrected chi connectivity index (χ1v) is 11.5. The van der Waals surface area contributed by atoms with Gasteiger partial charge in [0, 0.05) is 35.9 Å². The molecule has 31 heavy (non-hydrogen) atoms. The Morgan fingerprint density at radius 1 is 1.06 bits per heavy atom. The van der Waals surface area contributed by atoms with Crippen molar-refractivity contribution in [1.82, 2.24) is 4.31 Å². The molecule has 0 saturated carbocycles. The molecule has 2 aromatic carbocycles. The summed E-state index contributed by atoms with van der Waals surface area (Å²) in [5.41, 5.74) is 0.470. The van der Waals surface area contributed by atoms with E-state index in [1.165, 1.54) is 49.9 Å². The fraction of sp³-hybridized carbons (Fsp3) is 0.381. The highest BCUT2D eigenvalue weighted by Gasteiger charge is 2.33. The first-order valence-electron chi connectivity index (χ1n) is 9.66. The van der Waals surface area contributed by atoms with Crippen LogP contribution in [-0.2, 0) is 14.8 Å². The minimum Gasteiger partial charge on any atom is -0.493 e. The van der Waals surface area contributed by atoms with Gasteiger partial charge >= 0.3 is 0 Å². The van der Waals surface area contributed by atoms with E-state index in [0.717, 1.165) is 0 Å². The van der Waals surface area contributed by atoms with Crippen molar-refractivity contribution < 1.29 is 27.4 Å². The molecule has 2 aromatic rings. The maximum absolute atomic E-state index is 13.0. The summed E-state index contributed by atoms with van der Waals surface area (Å²) in [4.78, 5) is 13.1. The number of ether oxygens (including phenoxy) is 3. The van der Waals surface area contributed by atoms with Gasteiger partial charge in [-0.2, -0.15) is 4.31 Å². The number of carbonyl (C=O) groups is 1. The number of piperidine rings is 1. The summed E-state index contributed by atoms with van der Waals surface area (Å²) in [6, 6.07) is 9.27. The number of amides is 1. The number of benzene rings is 2. The predicted molar refractivity (Wildman–Crippen MR) is 118 cm³/mol. The number of hydrogen-bond donors (Lipinski definition) is 1. The molecule has 168 valence electrons. The van der Waals surface area contributed by atoms with Crippen LogP contribution < -0.4 is 19.5 Å². The quantitative estimate of drug-likeness (QED) is 0.669. The van der Waals surface area contributed by atoms with E-state index in [-0.39, 0.29) is 17.3 Å². The van der Waals surface area contributed by atoms with Crippen LogP contribution in [0.15, 0.2) is 41.3 Å². The van der Waals surface area contributed by atoms with E-state index in [0.29, 0.717) is 47.3 Å². The molecule has 1 amide bonds. The summed E-state index contributed by atoms with van der Waals surface area (Å²) < 4.78 is 43.2. The van der Waals surface area contributed by atoms with Crippen molar-refractivity contribution in [1.29, 1.82) is 0 Å². The van der Waals surface area contributed by atoms with Gasteiger partial charge in [-0.25, -0.2) is 8.42 Å². The second-order valence-electron chi connectivity index (χ2n) is 7.06. The van der Waals surface area contributed by atoms with Crippen molar-refractivity contribution in [3.8, 4) is 17.2 Å². The van der Waals surface area contributed by atoms with Crippen LogP contribution >= 0.6 is 11.6 Å². The van der Waals surface area contributed by atoms with E-state index in [2.05, 4.69) is 5.32 Å². The third kappa shape index (κ3) is 5.06. The molecule has 3 rings (SSSR count). The number of rotatable bonds is 7. The zero-order valence-electron chi connectivity index (χ0n) is 17.6. The molecule has 0 spiro atoms. The molecule has 0 radical (unpaired) electrons. The monoisotopic (exact) mass is 468 g/mol. The summed E-state index contributed by atoms with van der Waals surface area (Å²) in [5, 5.41) is 3.30. The van der Waals surface area contributed by atoms with Crippen LogP contribution in [0.2, 0.25) is 5.02 Å². The SMILES string of the molecule is COc1cc(NC(=O)C2CCCN(S(=O)(=O)c3ccc(Cl)cc3)C2)cc(OC)c1OC. The van der Waals surface area contributed by atoms with Crippen LogP contribution in [0.3, 0.4) is 0 Å². The number of sulfonamides is 1. The molecule has 1 N–H and O–H groups in total. The van der Waals surface area contributed by atoms with Gasteiger partial charge in [-0.15, -0.1) is 0 Å². The smallest absolute Gasteiger partial charge is 0.243 e. The van der Waals surface area contributed by atoms with Gasteiger partial charge in [-0.3, -0.25) is 4.79 Å². The lowest BCUT2D eigenvalue weighted by atomic mass is 9.98. The van der Waals surface area contributed by atoms with Crippen molar-refractivity contribution in [2.24, 2.45) is 5.92 Å². The summed E-state index contributed by atoms with van der Waals surface area (Å²) >= 11 is 5.86. The van der Waals surface area contributed by atoms with Gasteiger partial charge in [-0.05, 0) is 37.1 Å². The molecule has 1 fully saturated rings. The highest BCUT2D eigenvalue weighted by Crippen LogP contribution is 2.40. The van der Waals surface area contributed by atoms with Crippen molar-refractivity contribution in [3.63, 3.8) is 0 Å². The second kappa shape index (κ2) is 9.76. The Morgan fingerprint density at radius 2 is 1.68 bits per heavy atom. The molecule has 1 saturated heterocycles. The van der Waals surface area contributed by atoms with E-state index in [1.807, 2.05) is 0 Å². The zero-order valence-corrected chi connectivity index (χ0v) is 19.1. The molecule has 8 nitrogen and oxygen atoms in total. The Labute approximate surface area is 187 Å². The van der Waals surface area contributed by atoms with Gasteiger partial charge in [0.2, 0.25) is 21.7 Å². The molecule has 10 heteroatoms. The van der Waals surface area contributed by atoms with E-state index in [9.17, 15) is 13.2 Å². The minimum atomic E-state index is -3.71. The predicted octanol–water partition coefficient (Wildman–Crippen LogP) is 3.41. The first-order chi connectivity index (χ1) is 14.8. The third-order valence-electron chi connectivity index (χ3n) is 5.14. The number of halogens is 1. The maximum Gasteiger partial charge on any atom is 0.243 e. The van der Waals surface area contributed by atoms with Gasteiger partial charge in [0.25, 0.3) is 0 Å². The van der Waals surface area contributed by atoms with Crippen molar-refractivity contribution in [2.45, 2.75) is 17.7 Å². The summed E-state index contributed by atoms with van der Waals surface area (Å²) in [7, 11) is 0.765. The van der Waals surface area contributed by atoms with E-state index >= 15 is 0 Å². The van der Waals surface area contributed by atoms with Crippen molar-refractivity contribution in [2.75, 3.05) is 39.7 Å². The van der Waals surface area contributed by atoms with E-state index in [4.69, 9.17) is 25.8 Å². The molecule has 1 atom stereocenters. The molecule has 0 aliphatic carbocycles. The van der Waals surface area contributed by atoms with Crippen LogP contribution in [0.1, 0.15) is 12.8 Å². The number of hydrogen-bond acceptors (Lipinski definition) is 6. The maximum atomic E-state index is 13.0. The highest BCUT2D eigenvalue weighted by atomic mass is 35.5. The van der Waals surface area contributed by atoms with Crippen LogP contribution in [0.5, 0.6) is 17.2 Å². The molecular weight excluding hydrogens is 444 g/mol. The van der Waals surface area contributed by atoms with Crippen LogP contribution in [0, 0.1) is 5.92 Å². The van der Waals surface area contributed by atoms with Crippen LogP contribution in [0.25, 0.3) is 0 Å². The molecular formula is C21H25ClN2O6S. The number of anilines is 1. The molecule has 0 bridgehead atoms. The van der Waals surface area contributed by atoms with Gasteiger partial charge in [0.15, 0.2) is 11.5 Å². The standard InChI is InChI=1S/C21H25ClN2O6S/c1-28-18-11-16(12-19(29-2)20(18)30-3)23-21(25)14-5-4-10-24(13-14)31(26,27)17-8-6-15(22)7-9-17/h6-9,11-12,14H,4-5,10,13H2,1-3H3,(H,23,25). The van der Waals surface area contributed by atoms with Gasteiger partial charge < -0.3 is 19.5 Å². The molecule has 1 aliphatic rings. The number of nitrogens with one attached hydrogen (secondary N) is 1. The number of carbonyl (C=O) groups excluding carboxylic acids is 1. The Hall–Kier alpha value is -2.49. The van der Waals surface area contributed by atoms with Gasteiger partial charge in [0.05, 0.1) is 32.1 Å². The minimum absolute atomic E-state index is 0.0984. The Morgan fingerprint density at radius 3 is 2.23 bits per heavy atom.